The van der Waals surface area contributed by atoms with Gasteiger partial charge in [-0.1, -0.05) is 55.5 Å². The second-order valence-corrected chi connectivity index (χ2v) is 7.43. The van der Waals surface area contributed by atoms with Gasteiger partial charge in [-0.2, -0.15) is 0 Å². The first-order chi connectivity index (χ1) is 11.5. The summed E-state index contributed by atoms with van der Waals surface area (Å²) in [5, 5.41) is 0.279. The number of carbonyl (C=O) groups is 1. The monoisotopic (exact) mass is 386 g/mol. The zero-order valence-corrected chi connectivity index (χ0v) is 16.1. The van der Waals surface area contributed by atoms with Gasteiger partial charge in [0.25, 0.3) is 5.91 Å². The molecule has 130 valence electrons. The Morgan fingerprint density at radius 2 is 2.08 bits per heavy atom. The molecule has 1 aromatic carbocycles. The molecule has 2 rings (SSSR count). The summed E-state index contributed by atoms with van der Waals surface area (Å²) in [6, 6.07) is 4.46. The van der Waals surface area contributed by atoms with Crippen LogP contribution in [0.1, 0.15) is 25.8 Å². The highest BCUT2D eigenvalue weighted by Gasteiger charge is 2.32. The summed E-state index contributed by atoms with van der Waals surface area (Å²) >= 11 is 12.5. The Labute approximate surface area is 156 Å². The number of hydrogen-bond donors (Lipinski definition) is 0. The smallest absolute Gasteiger partial charge is 0.266 e. The minimum Gasteiger partial charge on any atom is -0.304 e. The highest BCUT2D eigenvalue weighted by atomic mass is 35.5. The van der Waals surface area contributed by atoms with Crippen molar-refractivity contribution in [2.45, 2.75) is 20.3 Å². The maximum atomic E-state index is 13.9. The van der Waals surface area contributed by atoms with Crippen LogP contribution in [-0.2, 0) is 4.79 Å². The fourth-order valence-electron chi connectivity index (χ4n) is 2.46. The van der Waals surface area contributed by atoms with E-state index in [0.29, 0.717) is 15.8 Å². The van der Waals surface area contributed by atoms with Crippen molar-refractivity contribution in [1.82, 2.24) is 9.80 Å². The van der Waals surface area contributed by atoms with Crippen molar-refractivity contribution >= 4 is 51.9 Å². The molecule has 0 aromatic heterocycles. The number of halogens is 2. The molecule has 0 spiro atoms. The van der Waals surface area contributed by atoms with Gasteiger partial charge in [0.1, 0.15) is 10.1 Å². The average molecular weight is 387 g/mol. The molecule has 1 saturated heterocycles. The molecule has 1 fully saturated rings. The minimum atomic E-state index is -0.450. The van der Waals surface area contributed by atoms with Crippen LogP contribution >= 0.6 is 35.6 Å². The number of benzene rings is 1. The highest BCUT2D eigenvalue weighted by molar-refractivity contribution is 8.26. The minimum absolute atomic E-state index is 0.177. The van der Waals surface area contributed by atoms with Gasteiger partial charge in [0.2, 0.25) is 0 Å². The first kappa shape index (κ1) is 19.4. The van der Waals surface area contributed by atoms with Gasteiger partial charge in [-0.25, -0.2) is 4.39 Å². The van der Waals surface area contributed by atoms with Crippen LogP contribution in [0.3, 0.4) is 0 Å². The molecule has 0 aliphatic carbocycles. The van der Waals surface area contributed by atoms with E-state index >= 15 is 0 Å². The molecule has 1 heterocycles. The van der Waals surface area contributed by atoms with E-state index in [1.54, 1.807) is 11.0 Å². The Bertz CT molecular complexity index is 642. The number of nitrogens with zero attached hydrogens (tertiary/aromatic N) is 2. The number of hydrogen-bond acceptors (Lipinski definition) is 4. The summed E-state index contributed by atoms with van der Waals surface area (Å²) in [6.07, 6.45) is 2.34. The van der Waals surface area contributed by atoms with E-state index in [2.05, 4.69) is 18.7 Å². The van der Waals surface area contributed by atoms with Gasteiger partial charge < -0.3 is 4.90 Å². The molecule has 0 unspecified atom stereocenters. The van der Waals surface area contributed by atoms with Crippen molar-refractivity contribution < 1.29 is 9.18 Å². The van der Waals surface area contributed by atoms with Crippen LogP contribution in [0.5, 0.6) is 0 Å². The maximum Gasteiger partial charge on any atom is 0.266 e. The average Bonchev–Trinajstić information content (AvgIpc) is 2.82. The van der Waals surface area contributed by atoms with Gasteiger partial charge in [-0.3, -0.25) is 9.69 Å². The molecule has 0 saturated carbocycles. The highest BCUT2D eigenvalue weighted by Crippen LogP contribution is 2.34. The Morgan fingerprint density at radius 3 is 2.71 bits per heavy atom. The summed E-state index contributed by atoms with van der Waals surface area (Å²) in [5.41, 5.74) is 0.225. The van der Waals surface area contributed by atoms with Gasteiger partial charge in [0, 0.05) is 12.1 Å². The van der Waals surface area contributed by atoms with Crippen molar-refractivity contribution in [3.8, 4) is 0 Å². The summed E-state index contributed by atoms with van der Waals surface area (Å²) in [6.45, 7) is 7.70. The van der Waals surface area contributed by atoms with E-state index < -0.39 is 5.82 Å². The lowest BCUT2D eigenvalue weighted by Gasteiger charge is -2.20. The van der Waals surface area contributed by atoms with Crippen molar-refractivity contribution in [2.24, 2.45) is 0 Å². The summed E-state index contributed by atoms with van der Waals surface area (Å²) in [7, 11) is 0. The molecular formula is C17H20ClFN2OS2. The summed E-state index contributed by atoms with van der Waals surface area (Å²) in [4.78, 5) is 16.8. The number of carbonyl (C=O) groups excluding carboxylic acids is 1. The van der Waals surface area contributed by atoms with Gasteiger partial charge in [-0.15, -0.1) is 0 Å². The molecule has 24 heavy (non-hydrogen) atoms. The third kappa shape index (κ3) is 4.57. The van der Waals surface area contributed by atoms with E-state index in [1.807, 2.05) is 0 Å². The first-order valence-electron chi connectivity index (χ1n) is 7.89. The van der Waals surface area contributed by atoms with Gasteiger partial charge in [0.15, 0.2) is 0 Å². The predicted molar refractivity (Wildman–Crippen MR) is 104 cm³/mol. The van der Waals surface area contributed by atoms with E-state index in [9.17, 15) is 9.18 Å². The largest absolute Gasteiger partial charge is 0.304 e. The molecule has 1 aliphatic rings. The second-order valence-electron chi connectivity index (χ2n) is 5.35. The molecule has 1 aliphatic heterocycles. The Balaban J connectivity index is 2.07. The van der Waals surface area contributed by atoms with Gasteiger partial charge in [-0.05, 0) is 44.3 Å². The molecule has 0 radical (unpaired) electrons. The third-order valence-electron chi connectivity index (χ3n) is 3.90. The maximum absolute atomic E-state index is 13.9. The third-order valence-corrected chi connectivity index (χ3v) is 5.61. The lowest BCUT2D eigenvalue weighted by atomic mass is 10.2. The topological polar surface area (TPSA) is 23.6 Å². The fraction of sp³-hybridized carbons (Fsp3) is 0.412. The Hall–Kier alpha value is -0.950. The molecule has 0 N–H and O–H groups in total. The van der Waals surface area contributed by atoms with Crippen LogP contribution in [0.15, 0.2) is 23.1 Å². The van der Waals surface area contributed by atoms with Crippen LogP contribution < -0.4 is 0 Å². The summed E-state index contributed by atoms with van der Waals surface area (Å²) < 4.78 is 14.4. The second kappa shape index (κ2) is 8.94. The fourth-order valence-corrected chi connectivity index (χ4v) is 3.97. The van der Waals surface area contributed by atoms with Gasteiger partial charge in [0.05, 0.1) is 9.93 Å². The van der Waals surface area contributed by atoms with Crippen LogP contribution in [0.2, 0.25) is 5.02 Å². The molecule has 3 nitrogen and oxygen atoms in total. The lowest BCUT2D eigenvalue weighted by Crippen LogP contribution is -2.32. The van der Waals surface area contributed by atoms with E-state index in [-0.39, 0.29) is 16.5 Å². The van der Waals surface area contributed by atoms with Gasteiger partial charge >= 0.3 is 0 Å². The quantitative estimate of drug-likeness (QED) is 0.511. The van der Waals surface area contributed by atoms with Crippen LogP contribution in [0, 0.1) is 5.82 Å². The van der Waals surface area contributed by atoms with Crippen molar-refractivity contribution in [3.05, 3.63) is 39.5 Å². The van der Waals surface area contributed by atoms with Crippen molar-refractivity contribution in [3.63, 3.8) is 0 Å². The van der Waals surface area contributed by atoms with Crippen LogP contribution in [0.25, 0.3) is 6.08 Å². The normalized spacial score (nSPS) is 16.7. The van der Waals surface area contributed by atoms with E-state index in [0.717, 1.165) is 26.1 Å². The number of thioether (sulfide) groups is 1. The lowest BCUT2D eigenvalue weighted by molar-refractivity contribution is -0.122. The zero-order chi connectivity index (χ0) is 17.7. The Kier molecular flexibility index (Phi) is 7.22. The van der Waals surface area contributed by atoms with Crippen molar-refractivity contribution in [2.75, 3.05) is 26.2 Å². The molecule has 0 bridgehead atoms. The van der Waals surface area contributed by atoms with Crippen LogP contribution in [-0.4, -0.2) is 46.2 Å². The first-order valence-corrected chi connectivity index (χ1v) is 9.49. The summed E-state index contributed by atoms with van der Waals surface area (Å²) in [5.74, 6) is -0.627. The molecule has 0 atom stereocenters. The standard InChI is InChI=1S/C17H20ClFN2OS2/c1-3-20(4-2)9-6-10-21-16(22)15(24-17(21)23)11-12-13(18)7-5-8-14(12)19/h5,7-8,11H,3-4,6,9-10H2,1-2H3. The molecule has 1 amide bonds. The van der Waals surface area contributed by atoms with Crippen LogP contribution in [0.4, 0.5) is 4.39 Å². The SMILES string of the molecule is CCN(CC)CCCN1C(=O)C(=Cc2c(F)cccc2Cl)SC1=S. The predicted octanol–water partition coefficient (Wildman–Crippen LogP) is 4.41. The molecule has 7 heteroatoms. The number of thiocarbonyl (C=S) groups is 1. The zero-order valence-electron chi connectivity index (χ0n) is 13.7. The molecule has 1 aromatic rings. The number of amides is 1. The molecular weight excluding hydrogens is 367 g/mol. The van der Waals surface area contributed by atoms with E-state index in [4.69, 9.17) is 23.8 Å². The van der Waals surface area contributed by atoms with E-state index in [1.165, 1.54) is 30.0 Å². The Morgan fingerprint density at radius 1 is 1.38 bits per heavy atom. The number of rotatable bonds is 7. The van der Waals surface area contributed by atoms with Crippen molar-refractivity contribution in [1.29, 1.82) is 0 Å².